The van der Waals surface area contributed by atoms with Gasteiger partial charge in [0.1, 0.15) is 0 Å². The molecule has 6 heteroatoms. The molecule has 0 aliphatic rings. The maximum absolute atomic E-state index is 10.9. The Bertz CT molecular complexity index is 626. The van der Waals surface area contributed by atoms with Crippen LogP contribution in [0.1, 0.15) is 5.69 Å². The molecule has 0 radical (unpaired) electrons. The number of aromatic nitrogens is 1. The van der Waals surface area contributed by atoms with Crippen LogP contribution in [0.3, 0.4) is 0 Å². The minimum absolute atomic E-state index is 0.114. The maximum atomic E-state index is 10.9. The van der Waals surface area contributed by atoms with Gasteiger partial charge in [-0.05, 0) is 12.1 Å². The fourth-order valence-corrected chi connectivity index (χ4v) is 2.08. The van der Waals surface area contributed by atoms with Gasteiger partial charge >= 0.3 is 5.97 Å². The van der Waals surface area contributed by atoms with E-state index in [-0.39, 0.29) is 12.7 Å². The Kier molecular flexibility index (Phi) is 5.08. The lowest BCUT2D eigenvalue weighted by molar-refractivity contribution is -0.136. The number of benzene rings is 1. The number of para-hydroxylation sites is 1. The van der Waals surface area contributed by atoms with Crippen molar-refractivity contribution in [2.45, 2.75) is 12.7 Å². The number of hydrogen-bond acceptors (Lipinski definition) is 5. The Morgan fingerprint density at radius 3 is 2.71 bits per heavy atom. The topological polar surface area (TPSA) is 80.7 Å². The number of carbonyl (C=O) groups is 1. The molecule has 1 aromatic heterocycles. The lowest BCUT2D eigenvalue weighted by atomic mass is 10.1. The van der Waals surface area contributed by atoms with E-state index in [4.69, 9.17) is 14.6 Å². The first-order chi connectivity index (χ1) is 10.1. The normalized spacial score (nSPS) is 11.0. The minimum atomic E-state index is -0.907. The molecule has 6 nitrogen and oxygen atoms in total. The van der Waals surface area contributed by atoms with Crippen molar-refractivity contribution in [3.8, 4) is 0 Å². The van der Waals surface area contributed by atoms with Crippen molar-refractivity contribution in [3.63, 3.8) is 0 Å². The van der Waals surface area contributed by atoms with E-state index < -0.39 is 5.97 Å². The Labute approximate surface area is 122 Å². The highest BCUT2D eigenvalue weighted by molar-refractivity contribution is 5.91. The lowest BCUT2D eigenvalue weighted by Crippen LogP contribution is -2.23. The van der Waals surface area contributed by atoms with Crippen LogP contribution in [0.5, 0.6) is 0 Å². The summed E-state index contributed by atoms with van der Waals surface area (Å²) in [5, 5.41) is 13.1. The number of nitrogens with zero attached hydrogens (tertiary/aromatic N) is 1. The number of rotatable bonds is 7. The van der Waals surface area contributed by atoms with E-state index >= 15 is 0 Å². The van der Waals surface area contributed by atoms with Gasteiger partial charge in [0, 0.05) is 25.3 Å². The fourth-order valence-electron chi connectivity index (χ4n) is 2.08. The molecular formula is C15H18N2O4. The molecule has 1 heterocycles. The summed E-state index contributed by atoms with van der Waals surface area (Å²) < 4.78 is 10.3. The van der Waals surface area contributed by atoms with Crippen molar-refractivity contribution in [3.05, 3.63) is 36.0 Å². The molecule has 2 aromatic rings. The molecule has 0 bridgehead atoms. The number of carboxylic acid groups (broad SMARTS) is 1. The van der Waals surface area contributed by atoms with Crippen LogP contribution in [-0.2, 0) is 20.7 Å². The molecule has 2 rings (SSSR count). The Balaban J connectivity index is 2.32. The van der Waals surface area contributed by atoms with Gasteiger partial charge in [0.2, 0.25) is 0 Å². The van der Waals surface area contributed by atoms with Crippen LogP contribution in [-0.4, -0.2) is 43.1 Å². The molecule has 0 saturated heterocycles. The van der Waals surface area contributed by atoms with E-state index in [2.05, 4.69) is 10.3 Å². The first-order valence-electron chi connectivity index (χ1n) is 6.54. The summed E-state index contributed by atoms with van der Waals surface area (Å²) in [4.78, 5) is 15.2. The number of hydrogen-bond donors (Lipinski definition) is 2. The number of methoxy groups -OCH3 is 2. The largest absolute Gasteiger partial charge is 0.481 e. The molecule has 0 unspecified atom stereocenters. The van der Waals surface area contributed by atoms with Crippen molar-refractivity contribution >= 4 is 22.6 Å². The zero-order valence-corrected chi connectivity index (χ0v) is 12.0. The second kappa shape index (κ2) is 7.01. The Morgan fingerprint density at radius 1 is 1.33 bits per heavy atom. The van der Waals surface area contributed by atoms with E-state index in [9.17, 15) is 4.79 Å². The van der Waals surface area contributed by atoms with Crippen LogP contribution in [0.15, 0.2) is 30.3 Å². The van der Waals surface area contributed by atoms with Crippen LogP contribution < -0.4 is 5.32 Å². The van der Waals surface area contributed by atoms with E-state index in [0.717, 1.165) is 16.6 Å². The molecule has 21 heavy (non-hydrogen) atoms. The molecule has 0 spiro atoms. The van der Waals surface area contributed by atoms with Crippen LogP contribution in [0.4, 0.5) is 5.69 Å². The van der Waals surface area contributed by atoms with E-state index in [0.29, 0.717) is 12.2 Å². The molecule has 112 valence electrons. The van der Waals surface area contributed by atoms with Gasteiger partial charge in [-0.15, -0.1) is 0 Å². The highest BCUT2D eigenvalue weighted by Gasteiger charge is 2.10. The highest BCUT2D eigenvalue weighted by Crippen LogP contribution is 2.23. The number of pyridine rings is 1. The van der Waals surface area contributed by atoms with Gasteiger partial charge in [0.25, 0.3) is 0 Å². The van der Waals surface area contributed by atoms with Crippen LogP contribution in [0.25, 0.3) is 10.9 Å². The summed E-state index contributed by atoms with van der Waals surface area (Å²) in [6.45, 7) is 0.452. The molecule has 0 aliphatic heterocycles. The third-order valence-electron chi connectivity index (χ3n) is 3.09. The summed E-state index contributed by atoms with van der Waals surface area (Å²) >= 11 is 0. The van der Waals surface area contributed by atoms with Crippen LogP contribution in [0.2, 0.25) is 0 Å². The van der Waals surface area contributed by atoms with E-state index in [1.807, 2.05) is 24.3 Å². The van der Waals surface area contributed by atoms with Gasteiger partial charge < -0.3 is 19.9 Å². The third kappa shape index (κ3) is 3.90. The summed E-state index contributed by atoms with van der Waals surface area (Å²) in [7, 11) is 3.13. The number of ether oxygens (including phenoxy) is 2. The molecular weight excluding hydrogens is 272 g/mol. The third-order valence-corrected chi connectivity index (χ3v) is 3.09. The zero-order valence-electron chi connectivity index (χ0n) is 12.0. The van der Waals surface area contributed by atoms with Crippen LogP contribution >= 0.6 is 0 Å². The minimum Gasteiger partial charge on any atom is -0.481 e. The first-order valence-corrected chi connectivity index (χ1v) is 6.54. The van der Waals surface area contributed by atoms with E-state index in [1.54, 1.807) is 20.3 Å². The van der Waals surface area contributed by atoms with E-state index in [1.165, 1.54) is 0 Å². The average molecular weight is 290 g/mol. The summed E-state index contributed by atoms with van der Waals surface area (Å²) in [5.41, 5.74) is 2.08. The molecule has 0 amide bonds. The van der Waals surface area contributed by atoms with Gasteiger partial charge in [0.15, 0.2) is 6.29 Å². The molecule has 0 saturated carbocycles. The summed E-state index contributed by atoms with van der Waals surface area (Å²) in [6.07, 6.45) is -0.489. The second-order valence-electron chi connectivity index (χ2n) is 4.53. The zero-order chi connectivity index (χ0) is 15.2. The SMILES string of the molecule is COC(CNc1cc(CC(=O)O)nc2ccccc12)OC. The average Bonchev–Trinajstić information content (AvgIpc) is 2.47. The number of fused-ring (bicyclic) bond motifs is 1. The monoisotopic (exact) mass is 290 g/mol. The molecule has 0 atom stereocenters. The standard InChI is InChI=1S/C15H18N2O4/c1-20-15(21-2)9-16-13-7-10(8-14(18)19)17-12-6-4-3-5-11(12)13/h3-7,15H,8-9H2,1-2H3,(H,16,17)(H,18,19). The quantitative estimate of drug-likeness (QED) is 0.758. The fraction of sp³-hybridized carbons (Fsp3) is 0.333. The Hall–Kier alpha value is -2.18. The molecule has 0 aliphatic carbocycles. The van der Waals surface area contributed by atoms with Crippen molar-refractivity contribution in [2.24, 2.45) is 0 Å². The van der Waals surface area contributed by atoms with Gasteiger partial charge in [-0.1, -0.05) is 18.2 Å². The molecule has 0 fully saturated rings. The number of anilines is 1. The highest BCUT2D eigenvalue weighted by atomic mass is 16.7. The predicted molar refractivity (Wildman–Crippen MR) is 79.4 cm³/mol. The molecule has 1 aromatic carbocycles. The second-order valence-corrected chi connectivity index (χ2v) is 4.53. The van der Waals surface area contributed by atoms with Crippen molar-refractivity contribution < 1.29 is 19.4 Å². The Morgan fingerprint density at radius 2 is 2.05 bits per heavy atom. The van der Waals surface area contributed by atoms with Crippen LogP contribution in [0, 0.1) is 0 Å². The van der Waals surface area contributed by atoms with Gasteiger partial charge in [-0.25, -0.2) is 0 Å². The number of nitrogens with one attached hydrogen (secondary N) is 1. The predicted octanol–water partition coefficient (Wildman–Crippen LogP) is 1.89. The lowest BCUT2D eigenvalue weighted by Gasteiger charge is -2.16. The molecule has 2 N–H and O–H groups in total. The van der Waals surface area contributed by atoms with Gasteiger partial charge in [0.05, 0.1) is 24.2 Å². The van der Waals surface area contributed by atoms with Crippen molar-refractivity contribution in [2.75, 3.05) is 26.1 Å². The number of carboxylic acids is 1. The van der Waals surface area contributed by atoms with Gasteiger partial charge in [-0.2, -0.15) is 0 Å². The summed E-state index contributed by atoms with van der Waals surface area (Å²) in [6, 6.07) is 9.33. The van der Waals surface area contributed by atoms with Crippen molar-refractivity contribution in [1.29, 1.82) is 0 Å². The first kappa shape index (κ1) is 15.2. The summed E-state index contributed by atoms with van der Waals surface area (Å²) in [5.74, 6) is -0.907. The van der Waals surface area contributed by atoms with Crippen molar-refractivity contribution in [1.82, 2.24) is 4.98 Å². The number of aliphatic carboxylic acids is 1. The smallest absolute Gasteiger partial charge is 0.309 e. The van der Waals surface area contributed by atoms with Gasteiger partial charge in [-0.3, -0.25) is 9.78 Å². The maximum Gasteiger partial charge on any atom is 0.309 e.